The molecule has 1 N–H and O–H groups in total. The lowest BCUT2D eigenvalue weighted by atomic mass is 9.78. The molecule has 12 heteroatoms. The molecule has 1 aromatic rings. The molecule has 2 atom stereocenters. The summed E-state index contributed by atoms with van der Waals surface area (Å²) < 4.78 is 9.46. The summed E-state index contributed by atoms with van der Waals surface area (Å²) in [5.41, 5.74) is 2.06. The Balaban J connectivity index is 2.22. The van der Waals surface area contributed by atoms with Crippen molar-refractivity contribution < 1.29 is 28.9 Å². The third kappa shape index (κ3) is 4.58. The van der Waals surface area contributed by atoms with E-state index in [0.29, 0.717) is 18.6 Å². The first-order valence-corrected chi connectivity index (χ1v) is 8.18. The lowest BCUT2D eigenvalue weighted by Crippen LogP contribution is -2.37. The van der Waals surface area contributed by atoms with E-state index in [9.17, 15) is 29.8 Å². The van der Waals surface area contributed by atoms with Crippen LogP contribution in [-0.4, -0.2) is 41.7 Å². The van der Waals surface area contributed by atoms with Gasteiger partial charge in [0.2, 0.25) is 0 Å². The fraction of sp³-hybridized carbons (Fsp3) is 0.438. The van der Waals surface area contributed by atoms with Crippen LogP contribution in [0.3, 0.4) is 0 Å². The van der Waals surface area contributed by atoms with Crippen LogP contribution in [0.5, 0.6) is 0 Å². The molecule has 0 bridgehead atoms. The molecule has 1 aromatic carbocycles. The number of anilines is 1. The van der Waals surface area contributed by atoms with Crippen molar-refractivity contribution in [3.63, 3.8) is 0 Å². The minimum Gasteiger partial charge on any atom is -0.469 e. The summed E-state index contributed by atoms with van der Waals surface area (Å²) >= 11 is 0. The second kappa shape index (κ2) is 8.88. The van der Waals surface area contributed by atoms with Crippen LogP contribution >= 0.6 is 0 Å². The Hall–Kier alpha value is -3.57. The van der Waals surface area contributed by atoms with Gasteiger partial charge in [0, 0.05) is 18.2 Å². The number of carbonyl (C=O) groups excluding carboxylic acids is 2. The van der Waals surface area contributed by atoms with Crippen LogP contribution in [0.25, 0.3) is 0 Å². The minimum absolute atomic E-state index is 0.0344. The van der Waals surface area contributed by atoms with E-state index in [0.717, 1.165) is 12.1 Å². The average Bonchev–Trinajstić information content (AvgIpc) is 2.70. The van der Waals surface area contributed by atoms with Gasteiger partial charge in [-0.15, -0.1) is 0 Å². The summed E-state index contributed by atoms with van der Waals surface area (Å²) in [5, 5.41) is 26.0. The number of nitrogens with one attached hydrogen (secondary N) is 1. The van der Waals surface area contributed by atoms with Gasteiger partial charge in [-0.2, -0.15) is 5.10 Å². The molecule has 0 spiro atoms. The number of nitrogens with zero attached hydrogens (tertiary/aromatic N) is 3. The molecule has 2 rings (SSSR count). The third-order valence-corrected chi connectivity index (χ3v) is 4.42. The van der Waals surface area contributed by atoms with Crippen LogP contribution in [0.1, 0.15) is 19.3 Å². The second-order valence-electron chi connectivity index (χ2n) is 6.01. The van der Waals surface area contributed by atoms with Crippen molar-refractivity contribution in [3.8, 4) is 0 Å². The van der Waals surface area contributed by atoms with Crippen molar-refractivity contribution in [2.75, 3.05) is 19.6 Å². The van der Waals surface area contributed by atoms with Crippen molar-refractivity contribution in [1.29, 1.82) is 0 Å². The topological polar surface area (TPSA) is 163 Å². The molecule has 2 unspecified atom stereocenters. The zero-order valence-electron chi connectivity index (χ0n) is 15.1. The van der Waals surface area contributed by atoms with E-state index < -0.39 is 45.0 Å². The smallest absolute Gasteiger partial charge is 0.309 e. The number of methoxy groups -OCH3 is 2. The van der Waals surface area contributed by atoms with E-state index in [1.165, 1.54) is 20.3 Å². The SMILES string of the molecule is COC(=O)C1CCC(=NNc2ccc([N+](=O)[O-])cc2[N+](=O)[O-])CC1C(=O)OC. The molecular weight excluding hydrogens is 376 g/mol. The van der Waals surface area contributed by atoms with Crippen molar-refractivity contribution in [1.82, 2.24) is 0 Å². The van der Waals surface area contributed by atoms with Crippen molar-refractivity contribution in [2.45, 2.75) is 19.3 Å². The largest absolute Gasteiger partial charge is 0.469 e. The molecule has 0 saturated heterocycles. The van der Waals surface area contributed by atoms with E-state index >= 15 is 0 Å². The predicted molar refractivity (Wildman–Crippen MR) is 95.7 cm³/mol. The van der Waals surface area contributed by atoms with Crippen LogP contribution in [0, 0.1) is 32.1 Å². The number of ether oxygens (including phenoxy) is 2. The molecule has 1 saturated carbocycles. The van der Waals surface area contributed by atoms with Crippen molar-refractivity contribution in [3.05, 3.63) is 38.4 Å². The predicted octanol–water partition coefficient (Wildman–Crippen LogP) is 2.03. The standard InChI is InChI=1S/C16H18N4O8/c1-27-15(21)11-5-3-9(7-12(11)16(22)28-2)17-18-13-6-4-10(19(23)24)8-14(13)20(25)26/h4,6,8,11-12,18H,3,5,7H2,1-2H3. The number of nitro benzene ring substituents is 2. The zero-order valence-corrected chi connectivity index (χ0v) is 15.1. The molecule has 12 nitrogen and oxygen atoms in total. The summed E-state index contributed by atoms with van der Waals surface area (Å²) in [6, 6.07) is 3.12. The second-order valence-corrected chi connectivity index (χ2v) is 6.01. The van der Waals surface area contributed by atoms with E-state index in [1.54, 1.807) is 0 Å². The van der Waals surface area contributed by atoms with E-state index in [2.05, 4.69) is 10.5 Å². The summed E-state index contributed by atoms with van der Waals surface area (Å²) in [6.07, 6.45) is 0.774. The maximum Gasteiger partial charge on any atom is 0.309 e. The number of benzene rings is 1. The summed E-state index contributed by atoms with van der Waals surface area (Å²) in [7, 11) is 2.44. The van der Waals surface area contributed by atoms with Crippen molar-refractivity contribution in [2.24, 2.45) is 16.9 Å². The molecule has 0 radical (unpaired) electrons. The van der Waals surface area contributed by atoms with E-state index in [4.69, 9.17) is 9.47 Å². The molecule has 0 aliphatic heterocycles. The Morgan fingerprint density at radius 2 is 1.75 bits per heavy atom. The number of hydrogen-bond donors (Lipinski definition) is 1. The molecule has 28 heavy (non-hydrogen) atoms. The molecule has 0 heterocycles. The van der Waals surface area contributed by atoms with Gasteiger partial charge in [-0.25, -0.2) is 0 Å². The fourth-order valence-corrected chi connectivity index (χ4v) is 2.97. The quantitative estimate of drug-likeness (QED) is 0.432. The number of nitro groups is 2. The number of hydrazone groups is 1. The molecule has 1 aliphatic rings. The van der Waals surface area contributed by atoms with Crippen LogP contribution in [0.2, 0.25) is 0 Å². The normalized spacial score (nSPS) is 20.3. The fourth-order valence-electron chi connectivity index (χ4n) is 2.97. The van der Waals surface area contributed by atoms with Crippen LogP contribution in [0.4, 0.5) is 17.1 Å². The van der Waals surface area contributed by atoms with Gasteiger partial charge >= 0.3 is 17.6 Å². The monoisotopic (exact) mass is 394 g/mol. The Morgan fingerprint density at radius 3 is 2.32 bits per heavy atom. The average molecular weight is 394 g/mol. The lowest BCUT2D eigenvalue weighted by molar-refractivity contribution is -0.393. The zero-order chi connectivity index (χ0) is 20.8. The minimum atomic E-state index is -0.779. The molecule has 150 valence electrons. The maximum atomic E-state index is 12.0. The van der Waals surface area contributed by atoms with Crippen LogP contribution < -0.4 is 5.43 Å². The lowest BCUT2D eigenvalue weighted by Gasteiger charge is -2.28. The summed E-state index contributed by atoms with van der Waals surface area (Å²) in [5.74, 6) is -2.54. The molecule has 0 amide bonds. The highest BCUT2D eigenvalue weighted by atomic mass is 16.6. The highest BCUT2D eigenvalue weighted by Crippen LogP contribution is 2.32. The van der Waals surface area contributed by atoms with Gasteiger partial charge in [-0.05, 0) is 18.9 Å². The third-order valence-electron chi connectivity index (χ3n) is 4.42. The van der Waals surface area contributed by atoms with Gasteiger partial charge in [0.1, 0.15) is 5.69 Å². The first-order chi connectivity index (χ1) is 13.3. The first kappa shape index (κ1) is 20.7. The highest BCUT2D eigenvalue weighted by molar-refractivity contribution is 5.93. The Morgan fingerprint density at radius 1 is 1.11 bits per heavy atom. The number of carbonyl (C=O) groups is 2. The maximum absolute atomic E-state index is 12.0. The van der Waals surface area contributed by atoms with Crippen molar-refractivity contribution >= 4 is 34.7 Å². The Bertz CT molecular complexity index is 838. The van der Waals surface area contributed by atoms with Gasteiger partial charge in [0.15, 0.2) is 0 Å². The van der Waals surface area contributed by atoms with E-state index in [1.807, 2.05) is 0 Å². The van der Waals surface area contributed by atoms with Crippen LogP contribution in [-0.2, 0) is 19.1 Å². The van der Waals surface area contributed by atoms with Gasteiger partial charge in [0.25, 0.3) is 5.69 Å². The first-order valence-electron chi connectivity index (χ1n) is 8.18. The van der Waals surface area contributed by atoms with Gasteiger partial charge in [-0.3, -0.25) is 35.2 Å². The number of esters is 2. The van der Waals surface area contributed by atoms with Gasteiger partial charge in [0.05, 0.1) is 42.0 Å². The van der Waals surface area contributed by atoms with E-state index in [-0.39, 0.29) is 12.1 Å². The van der Waals surface area contributed by atoms with Gasteiger partial charge < -0.3 is 9.47 Å². The van der Waals surface area contributed by atoms with Crippen LogP contribution in [0.15, 0.2) is 23.3 Å². The Labute approximate surface area is 158 Å². The Kier molecular flexibility index (Phi) is 6.58. The highest BCUT2D eigenvalue weighted by Gasteiger charge is 2.39. The molecule has 1 aliphatic carbocycles. The van der Waals surface area contributed by atoms with Gasteiger partial charge in [-0.1, -0.05) is 0 Å². The molecule has 0 aromatic heterocycles. The number of hydrogen-bond acceptors (Lipinski definition) is 10. The molecular formula is C16H18N4O8. The summed E-state index contributed by atoms with van der Waals surface area (Å²) in [4.78, 5) is 44.3. The number of rotatable bonds is 6. The summed E-state index contributed by atoms with van der Waals surface area (Å²) in [6.45, 7) is 0. The number of non-ortho nitro benzene ring substituents is 1. The molecule has 1 fully saturated rings.